The van der Waals surface area contributed by atoms with Gasteiger partial charge in [0.05, 0.1) is 24.0 Å². The maximum absolute atomic E-state index is 13.8. The molecule has 0 spiro atoms. The normalized spacial score (nSPS) is 26.4. The summed E-state index contributed by atoms with van der Waals surface area (Å²) in [5.41, 5.74) is 3.83. The third kappa shape index (κ3) is 5.97. The number of aryl methyl sites for hydroxylation is 1. The fraction of sp³-hybridized carbons (Fsp3) is 0.700. The van der Waals surface area contributed by atoms with E-state index in [4.69, 9.17) is 4.74 Å². The van der Waals surface area contributed by atoms with Crippen LogP contribution in [0.1, 0.15) is 112 Å². The number of carboxylic acid groups (broad SMARTS) is 1. The standard InChI is InChI=1S/C30H43NO5S/c1-4-36-30(35)26-19-14-12-10-8-6-5-7-9-11-13-15-22(19)37-28(26)31-27(32)24-20-16-17-21(23(20)18(2)3)25(24)29(33)34/h20-21,24-25H,4-17H2,1-3H3,(H,31,32)(H,33,34)/t20-,21+,24-,25+/m1/s1. The Morgan fingerprint density at radius 3 is 2.03 bits per heavy atom. The van der Waals surface area contributed by atoms with Gasteiger partial charge in [-0.3, -0.25) is 9.59 Å². The highest BCUT2D eigenvalue weighted by Gasteiger charge is 2.57. The van der Waals surface area contributed by atoms with Gasteiger partial charge in [-0.15, -0.1) is 11.3 Å². The Labute approximate surface area is 225 Å². The van der Waals surface area contributed by atoms with Crippen molar-refractivity contribution in [2.75, 3.05) is 11.9 Å². The number of hydrogen-bond acceptors (Lipinski definition) is 5. The fourth-order valence-electron chi connectivity index (χ4n) is 7.11. The zero-order valence-corrected chi connectivity index (χ0v) is 23.5. The van der Waals surface area contributed by atoms with Gasteiger partial charge in [0.25, 0.3) is 0 Å². The van der Waals surface area contributed by atoms with E-state index in [1.54, 1.807) is 6.92 Å². The van der Waals surface area contributed by atoms with Crippen molar-refractivity contribution in [2.24, 2.45) is 23.7 Å². The number of amides is 1. The summed E-state index contributed by atoms with van der Waals surface area (Å²) in [5.74, 6) is -2.97. The first-order valence-electron chi connectivity index (χ1n) is 14.4. The number of rotatable bonds is 5. The molecule has 2 N–H and O–H groups in total. The van der Waals surface area contributed by atoms with Crippen LogP contribution in [0, 0.1) is 23.7 Å². The minimum Gasteiger partial charge on any atom is -0.481 e. The molecular weight excluding hydrogens is 486 g/mol. The highest BCUT2D eigenvalue weighted by molar-refractivity contribution is 7.17. The van der Waals surface area contributed by atoms with Crippen LogP contribution in [0.2, 0.25) is 0 Å². The summed E-state index contributed by atoms with van der Waals surface area (Å²) in [6.07, 6.45) is 14.1. The van der Waals surface area contributed by atoms with Gasteiger partial charge in [-0.2, -0.15) is 0 Å². The molecule has 3 aliphatic rings. The van der Waals surface area contributed by atoms with Gasteiger partial charge >= 0.3 is 11.9 Å². The van der Waals surface area contributed by atoms with Gasteiger partial charge < -0.3 is 15.2 Å². The average molecular weight is 530 g/mol. The highest BCUT2D eigenvalue weighted by atomic mass is 32.1. The molecule has 6 nitrogen and oxygen atoms in total. The summed E-state index contributed by atoms with van der Waals surface area (Å²) in [6, 6.07) is 0. The van der Waals surface area contributed by atoms with Crippen molar-refractivity contribution in [3.63, 3.8) is 0 Å². The molecular formula is C30H43NO5S. The summed E-state index contributed by atoms with van der Waals surface area (Å²) >= 11 is 1.50. The van der Waals surface area contributed by atoms with Gasteiger partial charge in [-0.05, 0) is 76.7 Å². The lowest BCUT2D eigenvalue weighted by atomic mass is 9.78. The van der Waals surface area contributed by atoms with Crippen LogP contribution >= 0.6 is 11.3 Å². The smallest absolute Gasteiger partial charge is 0.341 e. The Kier molecular flexibility index (Phi) is 9.49. The van der Waals surface area contributed by atoms with Crippen LogP contribution in [-0.4, -0.2) is 29.6 Å². The summed E-state index contributed by atoms with van der Waals surface area (Å²) < 4.78 is 5.46. The van der Waals surface area contributed by atoms with E-state index in [1.165, 1.54) is 54.7 Å². The average Bonchev–Trinajstić information content (AvgIpc) is 3.52. The quantitative estimate of drug-likeness (QED) is 0.312. The predicted octanol–water partition coefficient (Wildman–Crippen LogP) is 7.17. The van der Waals surface area contributed by atoms with Crippen LogP contribution in [0.4, 0.5) is 5.00 Å². The SMILES string of the molecule is CCOC(=O)c1c(NC(=O)[C@H]2[C@@H](C(=O)O)[C@H]3CC[C@@H]2C3=C(C)C)sc2c1CCCCCCCCCCC2. The minimum atomic E-state index is -0.897. The van der Waals surface area contributed by atoms with Gasteiger partial charge in [-0.25, -0.2) is 4.79 Å². The molecule has 4 atom stereocenters. The fourth-order valence-corrected chi connectivity index (χ4v) is 8.39. The molecule has 3 aliphatic carbocycles. The predicted molar refractivity (Wildman–Crippen MR) is 147 cm³/mol. The Morgan fingerprint density at radius 2 is 1.46 bits per heavy atom. The number of carboxylic acids is 1. The zero-order valence-electron chi connectivity index (χ0n) is 22.7. The lowest BCUT2D eigenvalue weighted by molar-refractivity contribution is -0.148. The molecule has 7 heteroatoms. The molecule has 1 amide bonds. The molecule has 1 aromatic rings. The van der Waals surface area contributed by atoms with Gasteiger partial charge in [0, 0.05) is 4.88 Å². The van der Waals surface area contributed by atoms with E-state index in [1.807, 2.05) is 13.8 Å². The van der Waals surface area contributed by atoms with E-state index >= 15 is 0 Å². The van der Waals surface area contributed by atoms with Crippen LogP contribution in [0.3, 0.4) is 0 Å². The van der Waals surface area contributed by atoms with Crippen LogP contribution in [0.25, 0.3) is 0 Å². The summed E-state index contributed by atoms with van der Waals surface area (Å²) in [6.45, 7) is 6.12. The first-order chi connectivity index (χ1) is 17.8. The number of hydrogen-bond donors (Lipinski definition) is 2. The van der Waals surface area contributed by atoms with Crippen LogP contribution in [0.5, 0.6) is 0 Å². The lowest BCUT2D eigenvalue weighted by Crippen LogP contribution is -2.38. The third-order valence-electron chi connectivity index (χ3n) is 8.64. The second kappa shape index (κ2) is 12.6. The van der Waals surface area contributed by atoms with Crippen molar-refractivity contribution in [3.05, 3.63) is 27.2 Å². The second-order valence-corrected chi connectivity index (χ2v) is 12.3. The van der Waals surface area contributed by atoms with E-state index in [9.17, 15) is 19.5 Å². The van der Waals surface area contributed by atoms with E-state index in [0.29, 0.717) is 10.6 Å². The Bertz CT molecular complexity index is 1040. The molecule has 1 aromatic heterocycles. The molecule has 0 unspecified atom stereocenters. The number of nitrogens with one attached hydrogen (secondary N) is 1. The van der Waals surface area contributed by atoms with E-state index < -0.39 is 17.8 Å². The Balaban J connectivity index is 1.65. The number of carbonyl (C=O) groups is 3. The first kappa shape index (κ1) is 27.9. The zero-order chi connectivity index (χ0) is 26.5. The first-order valence-corrected chi connectivity index (χ1v) is 15.2. The van der Waals surface area contributed by atoms with Crippen molar-refractivity contribution < 1.29 is 24.2 Å². The molecule has 1 heterocycles. The van der Waals surface area contributed by atoms with E-state index in [-0.39, 0.29) is 30.3 Å². The molecule has 0 radical (unpaired) electrons. The molecule has 2 fully saturated rings. The number of fused-ring (bicyclic) bond motifs is 3. The summed E-state index contributed by atoms with van der Waals surface area (Å²) in [5, 5.41) is 13.7. The van der Waals surface area contributed by atoms with Gasteiger partial charge in [-0.1, -0.05) is 56.1 Å². The van der Waals surface area contributed by atoms with Crippen molar-refractivity contribution in [1.29, 1.82) is 0 Å². The number of aliphatic carboxylic acids is 1. The summed E-state index contributed by atoms with van der Waals surface area (Å²) in [4.78, 5) is 40.4. The molecule has 204 valence electrons. The maximum atomic E-state index is 13.8. The van der Waals surface area contributed by atoms with E-state index in [0.717, 1.165) is 61.7 Å². The Morgan fingerprint density at radius 1 is 0.892 bits per heavy atom. The molecule has 2 bridgehead atoms. The molecule has 37 heavy (non-hydrogen) atoms. The van der Waals surface area contributed by atoms with Crippen molar-refractivity contribution in [2.45, 2.75) is 104 Å². The van der Waals surface area contributed by atoms with Crippen LogP contribution < -0.4 is 5.32 Å². The van der Waals surface area contributed by atoms with Crippen LogP contribution in [0.15, 0.2) is 11.1 Å². The number of thiophene rings is 1. The number of anilines is 1. The number of esters is 1. The van der Waals surface area contributed by atoms with Crippen molar-refractivity contribution in [1.82, 2.24) is 0 Å². The number of ether oxygens (including phenoxy) is 1. The second-order valence-electron chi connectivity index (χ2n) is 11.2. The van der Waals surface area contributed by atoms with Crippen molar-refractivity contribution in [3.8, 4) is 0 Å². The molecule has 0 aromatic carbocycles. The molecule has 0 aliphatic heterocycles. The minimum absolute atomic E-state index is 0.0356. The molecule has 4 rings (SSSR count). The lowest BCUT2D eigenvalue weighted by Gasteiger charge is -2.26. The summed E-state index contributed by atoms with van der Waals surface area (Å²) in [7, 11) is 0. The monoisotopic (exact) mass is 529 g/mol. The van der Waals surface area contributed by atoms with Crippen molar-refractivity contribution >= 4 is 34.2 Å². The van der Waals surface area contributed by atoms with E-state index in [2.05, 4.69) is 5.32 Å². The number of allylic oxidation sites excluding steroid dienone is 2. The topological polar surface area (TPSA) is 92.7 Å². The van der Waals surface area contributed by atoms with Gasteiger partial charge in [0.2, 0.25) is 5.91 Å². The third-order valence-corrected chi connectivity index (χ3v) is 9.85. The largest absolute Gasteiger partial charge is 0.481 e. The molecule has 0 saturated heterocycles. The highest BCUT2D eigenvalue weighted by Crippen LogP contribution is 2.57. The number of carbonyl (C=O) groups excluding carboxylic acids is 2. The Hall–Kier alpha value is -2.15. The van der Waals surface area contributed by atoms with Gasteiger partial charge in [0.1, 0.15) is 5.00 Å². The van der Waals surface area contributed by atoms with Crippen LogP contribution in [-0.2, 0) is 27.2 Å². The maximum Gasteiger partial charge on any atom is 0.341 e. The van der Waals surface area contributed by atoms with Gasteiger partial charge in [0.15, 0.2) is 0 Å². The molecule has 2 saturated carbocycles.